The molecule has 0 bridgehead atoms. The van der Waals surface area contributed by atoms with Gasteiger partial charge in [0.2, 0.25) is 0 Å². The number of likely N-dealkylation sites (tertiary alicyclic amines) is 1. The van der Waals surface area contributed by atoms with Gasteiger partial charge in [0.15, 0.2) is 0 Å². The highest BCUT2D eigenvalue weighted by Crippen LogP contribution is 2.33. The highest BCUT2D eigenvalue weighted by atomic mass is 32.2. The molecule has 2 saturated heterocycles. The summed E-state index contributed by atoms with van der Waals surface area (Å²) in [5.74, 6) is 3.12. The second-order valence-corrected chi connectivity index (χ2v) is 9.93. The Morgan fingerprint density at radius 3 is 2.78 bits per heavy atom. The number of thioether (sulfide) groups is 1. The smallest absolute Gasteiger partial charge is 0.410 e. The monoisotopic (exact) mass is 342 g/mol. The molecule has 134 valence electrons. The molecule has 0 aliphatic carbocycles. The van der Waals surface area contributed by atoms with Gasteiger partial charge in [-0.1, -0.05) is 13.8 Å². The third-order valence-corrected chi connectivity index (χ3v) is 6.16. The van der Waals surface area contributed by atoms with Crippen LogP contribution in [0.1, 0.15) is 53.9 Å². The zero-order valence-corrected chi connectivity index (χ0v) is 16.3. The van der Waals surface area contributed by atoms with Crippen LogP contribution in [0.3, 0.4) is 0 Å². The molecule has 0 saturated carbocycles. The number of carbonyl (C=O) groups excluding carboxylic acids is 1. The first-order valence-electron chi connectivity index (χ1n) is 8.94. The van der Waals surface area contributed by atoms with E-state index in [4.69, 9.17) is 4.74 Å². The first-order valence-corrected chi connectivity index (χ1v) is 10.1. The van der Waals surface area contributed by atoms with Crippen molar-refractivity contribution in [1.82, 2.24) is 10.2 Å². The van der Waals surface area contributed by atoms with Crippen molar-refractivity contribution in [1.29, 1.82) is 0 Å². The van der Waals surface area contributed by atoms with Gasteiger partial charge in [0.1, 0.15) is 5.60 Å². The summed E-state index contributed by atoms with van der Waals surface area (Å²) in [6, 6.07) is 0.645. The van der Waals surface area contributed by atoms with Crippen molar-refractivity contribution in [3.63, 3.8) is 0 Å². The molecule has 1 N–H and O–H groups in total. The number of hydrogen-bond donors (Lipinski definition) is 1. The van der Waals surface area contributed by atoms with Gasteiger partial charge in [-0.2, -0.15) is 11.8 Å². The van der Waals surface area contributed by atoms with E-state index < -0.39 is 5.60 Å². The molecule has 0 radical (unpaired) electrons. The van der Waals surface area contributed by atoms with E-state index in [9.17, 15) is 4.79 Å². The summed E-state index contributed by atoms with van der Waals surface area (Å²) in [5.41, 5.74) is 0.0592. The van der Waals surface area contributed by atoms with Gasteiger partial charge in [0, 0.05) is 24.9 Å². The van der Waals surface area contributed by atoms with E-state index >= 15 is 0 Å². The second kappa shape index (κ2) is 7.64. The highest BCUT2D eigenvalue weighted by molar-refractivity contribution is 7.99. The van der Waals surface area contributed by atoms with Crippen molar-refractivity contribution in [2.45, 2.75) is 65.5 Å². The Balaban J connectivity index is 1.65. The van der Waals surface area contributed by atoms with E-state index in [1.54, 1.807) is 0 Å². The lowest BCUT2D eigenvalue weighted by Crippen LogP contribution is -2.41. The number of nitrogens with zero attached hydrogens (tertiary/aromatic N) is 1. The fourth-order valence-corrected chi connectivity index (χ4v) is 4.75. The van der Waals surface area contributed by atoms with Crippen molar-refractivity contribution in [2.24, 2.45) is 11.3 Å². The Hall–Kier alpha value is -0.420. The molecule has 2 rings (SSSR count). The van der Waals surface area contributed by atoms with Crippen molar-refractivity contribution in [3.8, 4) is 0 Å². The molecule has 2 atom stereocenters. The molecule has 5 heteroatoms. The van der Waals surface area contributed by atoms with E-state index in [1.807, 2.05) is 25.7 Å². The van der Waals surface area contributed by atoms with Gasteiger partial charge in [-0.05, 0) is 63.7 Å². The third-order valence-electron chi connectivity index (χ3n) is 4.53. The van der Waals surface area contributed by atoms with Gasteiger partial charge in [0.25, 0.3) is 0 Å². The fraction of sp³-hybridized carbons (Fsp3) is 0.944. The predicted molar refractivity (Wildman–Crippen MR) is 98.0 cm³/mol. The predicted octanol–water partition coefficient (Wildman–Crippen LogP) is 3.75. The average molecular weight is 343 g/mol. The Morgan fingerprint density at radius 1 is 1.39 bits per heavy atom. The lowest BCUT2D eigenvalue weighted by atomic mass is 9.88. The van der Waals surface area contributed by atoms with Crippen LogP contribution in [0.5, 0.6) is 0 Å². The number of nitrogens with one attached hydrogen (secondary N) is 1. The SMILES string of the molecule is CC1(C)CSCC(NCCC2CCN(C(=O)OC(C)(C)C)C2)C1. The van der Waals surface area contributed by atoms with Crippen LogP contribution in [0.25, 0.3) is 0 Å². The van der Waals surface area contributed by atoms with Crippen LogP contribution in [0.2, 0.25) is 0 Å². The van der Waals surface area contributed by atoms with E-state index in [0.717, 1.165) is 32.5 Å². The molecule has 0 aromatic carbocycles. The van der Waals surface area contributed by atoms with Crippen LogP contribution >= 0.6 is 11.8 Å². The molecule has 0 aromatic rings. The van der Waals surface area contributed by atoms with Gasteiger partial charge < -0.3 is 15.0 Å². The molecule has 2 fully saturated rings. The van der Waals surface area contributed by atoms with Crippen LogP contribution in [-0.2, 0) is 4.74 Å². The molecule has 2 aliphatic rings. The number of ether oxygens (including phenoxy) is 1. The molecule has 1 amide bonds. The van der Waals surface area contributed by atoms with Crippen molar-refractivity contribution in [3.05, 3.63) is 0 Å². The van der Waals surface area contributed by atoms with E-state index in [-0.39, 0.29) is 6.09 Å². The van der Waals surface area contributed by atoms with Crippen LogP contribution in [0.4, 0.5) is 4.79 Å². The maximum Gasteiger partial charge on any atom is 0.410 e. The molecule has 2 heterocycles. The van der Waals surface area contributed by atoms with Gasteiger partial charge >= 0.3 is 6.09 Å². The molecule has 2 aliphatic heterocycles. The number of rotatable bonds is 4. The second-order valence-electron chi connectivity index (χ2n) is 8.90. The Bertz CT molecular complexity index is 406. The van der Waals surface area contributed by atoms with Crippen LogP contribution in [0, 0.1) is 11.3 Å². The lowest BCUT2D eigenvalue weighted by molar-refractivity contribution is 0.0287. The molecule has 2 unspecified atom stereocenters. The van der Waals surface area contributed by atoms with Crippen molar-refractivity contribution in [2.75, 3.05) is 31.1 Å². The highest BCUT2D eigenvalue weighted by Gasteiger charge is 2.31. The number of amides is 1. The molecular formula is C18H34N2O2S. The van der Waals surface area contributed by atoms with Crippen LogP contribution in [-0.4, -0.2) is 53.8 Å². The van der Waals surface area contributed by atoms with E-state index in [0.29, 0.717) is 17.4 Å². The van der Waals surface area contributed by atoms with E-state index in [1.165, 1.54) is 17.9 Å². The van der Waals surface area contributed by atoms with Crippen LogP contribution in [0.15, 0.2) is 0 Å². The number of hydrogen-bond acceptors (Lipinski definition) is 4. The molecule has 23 heavy (non-hydrogen) atoms. The maximum atomic E-state index is 12.1. The molecule has 0 aromatic heterocycles. The first kappa shape index (κ1) is 18.9. The molecular weight excluding hydrogens is 308 g/mol. The molecule has 4 nitrogen and oxygen atoms in total. The summed E-state index contributed by atoms with van der Waals surface area (Å²) in [6.45, 7) is 13.2. The van der Waals surface area contributed by atoms with Crippen molar-refractivity contribution < 1.29 is 9.53 Å². The quantitative estimate of drug-likeness (QED) is 0.845. The summed E-state index contributed by atoms with van der Waals surface area (Å²) < 4.78 is 5.46. The average Bonchev–Trinajstić information content (AvgIpc) is 2.84. The van der Waals surface area contributed by atoms with Gasteiger partial charge in [-0.3, -0.25) is 0 Å². The summed E-state index contributed by atoms with van der Waals surface area (Å²) in [7, 11) is 0. The topological polar surface area (TPSA) is 41.6 Å². The first-order chi connectivity index (χ1) is 10.6. The Kier molecular flexibility index (Phi) is 6.28. The minimum absolute atomic E-state index is 0.154. The lowest BCUT2D eigenvalue weighted by Gasteiger charge is -2.35. The zero-order valence-electron chi connectivity index (χ0n) is 15.5. The van der Waals surface area contributed by atoms with Crippen molar-refractivity contribution >= 4 is 17.9 Å². The third kappa shape index (κ3) is 6.54. The Morgan fingerprint density at radius 2 is 2.13 bits per heavy atom. The van der Waals surface area contributed by atoms with Crippen LogP contribution < -0.4 is 5.32 Å². The fourth-order valence-electron chi connectivity index (χ4n) is 3.45. The minimum atomic E-state index is -0.401. The zero-order chi connectivity index (χ0) is 17.1. The summed E-state index contributed by atoms with van der Waals surface area (Å²) >= 11 is 2.07. The van der Waals surface area contributed by atoms with Gasteiger partial charge in [0.05, 0.1) is 0 Å². The van der Waals surface area contributed by atoms with E-state index in [2.05, 4.69) is 30.9 Å². The molecule has 0 spiro atoms. The maximum absolute atomic E-state index is 12.1. The summed E-state index contributed by atoms with van der Waals surface area (Å²) in [5, 5.41) is 3.73. The minimum Gasteiger partial charge on any atom is -0.444 e. The standard InChI is InChI=1S/C18H34N2O2S/c1-17(2,3)22-16(21)20-9-7-14(11-20)6-8-19-15-10-18(4,5)13-23-12-15/h14-15,19H,6-13H2,1-5H3. The summed E-state index contributed by atoms with van der Waals surface area (Å²) in [4.78, 5) is 14.0. The van der Waals surface area contributed by atoms with Gasteiger partial charge in [-0.15, -0.1) is 0 Å². The number of carbonyl (C=O) groups is 1. The summed E-state index contributed by atoms with van der Waals surface area (Å²) in [6.07, 6.45) is 3.37. The normalized spacial score (nSPS) is 28.0. The van der Waals surface area contributed by atoms with Gasteiger partial charge in [-0.25, -0.2) is 4.79 Å². The largest absolute Gasteiger partial charge is 0.444 e. The Labute approximate surface area is 146 Å².